The van der Waals surface area contributed by atoms with Crippen LogP contribution in [-0.2, 0) is 27.3 Å². The fourth-order valence-corrected chi connectivity index (χ4v) is 3.90. The van der Waals surface area contributed by atoms with Crippen molar-refractivity contribution in [2.75, 3.05) is 0 Å². The molecule has 162 valence electrons. The number of carbonyl (C=O) groups excluding carboxylic acids is 3. The van der Waals surface area contributed by atoms with E-state index in [1.807, 2.05) is 30.3 Å². The molecular weight excluding hydrogens is 396 g/mol. The summed E-state index contributed by atoms with van der Waals surface area (Å²) < 4.78 is 1.35. The van der Waals surface area contributed by atoms with Crippen LogP contribution in [0.4, 0.5) is 0 Å². The molecule has 0 radical (unpaired) electrons. The standard InChI is InChI=1S/C23H22N4O4.2H2/c1-14-25-17-9-5-8-16(13-24-20(29)12-15-6-3-2-4-7-15)21(17)23(31)27(14)18-10-11-19(28)26-22(18)30;;/h2-9,18H,10-13H2,1H3,(H,24,29)(H,26,28,30);2*1H. The lowest BCUT2D eigenvalue weighted by Crippen LogP contribution is -2.45. The molecule has 8 nitrogen and oxygen atoms in total. The smallest absolute Gasteiger partial charge is 0.262 e. The van der Waals surface area contributed by atoms with Gasteiger partial charge in [-0.25, -0.2) is 4.98 Å². The van der Waals surface area contributed by atoms with Crippen molar-refractivity contribution < 1.29 is 17.2 Å². The van der Waals surface area contributed by atoms with Gasteiger partial charge in [0.2, 0.25) is 17.7 Å². The van der Waals surface area contributed by atoms with Crippen molar-refractivity contribution in [3.8, 4) is 0 Å². The number of benzene rings is 2. The molecule has 2 heterocycles. The number of aromatic nitrogens is 2. The molecule has 1 unspecified atom stereocenters. The monoisotopic (exact) mass is 422 g/mol. The van der Waals surface area contributed by atoms with E-state index in [4.69, 9.17) is 0 Å². The third-order valence-corrected chi connectivity index (χ3v) is 5.40. The zero-order chi connectivity index (χ0) is 22.0. The summed E-state index contributed by atoms with van der Waals surface area (Å²) in [5, 5.41) is 5.50. The Bertz CT molecular complexity index is 1240. The van der Waals surface area contributed by atoms with E-state index in [0.717, 1.165) is 5.56 Å². The Morgan fingerprint density at radius 1 is 1.16 bits per heavy atom. The first-order valence-corrected chi connectivity index (χ1v) is 10.1. The Morgan fingerprint density at radius 3 is 2.68 bits per heavy atom. The van der Waals surface area contributed by atoms with Gasteiger partial charge in [0.1, 0.15) is 11.9 Å². The van der Waals surface area contributed by atoms with E-state index in [2.05, 4.69) is 15.6 Å². The number of rotatable bonds is 5. The SMILES string of the molecule is Cc1nc2cccc(CNC(=O)Cc3ccccc3)c2c(=O)n1C1CCC(=O)NC1=O.[HH].[HH]. The quantitative estimate of drug-likeness (QED) is 0.612. The third kappa shape index (κ3) is 4.23. The second kappa shape index (κ2) is 8.51. The number of nitrogens with zero attached hydrogens (tertiary/aromatic N) is 2. The number of fused-ring (bicyclic) bond motifs is 1. The average Bonchev–Trinajstić information content (AvgIpc) is 2.74. The van der Waals surface area contributed by atoms with E-state index in [9.17, 15) is 19.2 Å². The molecule has 1 saturated heterocycles. The van der Waals surface area contributed by atoms with Crippen molar-refractivity contribution in [3.63, 3.8) is 0 Å². The molecule has 1 aromatic heterocycles. The number of amides is 3. The van der Waals surface area contributed by atoms with Gasteiger partial charge in [-0.15, -0.1) is 0 Å². The molecule has 0 aliphatic carbocycles. The summed E-state index contributed by atoms with van der Waals surface area (Å²) in [6.07, 6.45) is 0.648. The van der Waals surface area contributed by atoms with Crippen molar-refractivity contribution in [2.24, 2.45) is 0 Å². The molecule has 31 heavy (non-hydrogen) atoms. The topological polar surface area (TPSA) is 110 Å². The largest absolute Gasteiger partial charge is 0.352 e. The summed E-state index contributed by atoms with van der Waals surface area (Å²) >= 11 is 0. The van der Waals surface area contributed by atoms with Gasteiger partial charge in [-0.2, -0.15) is 0 Å². The van der Waals surface area contributed by atoms with E-state index < -0.39 is 11.9 Å². The maximum Gasteiger partial charge on any atom is 0.262 e. The first-order valence-electron chi connectivity index (χ1n) is 10.1. The fourth-order valence-electron chi connectivity index (χ4n) is 3.90. The van der Waals surface area contributed by atoms with E-state index in [0.29, 0.717) is 22.3 Å². The van der Waals surface area contributed by atoms with Crippen LogP contribution in [0.1, 0.15) is 38.7 Å². The number of hydrogen-bond acceptors (Lipinski definition) is 5. The van der Waals surface area contributed by atoms with Crippen LogP contribution in [0.25, 0.3) is 10.9 Å². The lowest BCUT2D eigenvalue weighted by Gasteiger charge is -2.24. The molecule has 0 saturated carbocycles. The predicted octanol–water partition coefficient (Wildman–Crippen LogP) is 2.03. The Labute approximate surface area is 181 Å². The first kappa shape index (κ1) is 20.5. The van der Waals surface area contributed by atoms with Gasteiger partial charge >= 0.3 is 0 Å². The molecule has 2 aromatic carbocycles. The van der Waals surface area contributed by atoms with Crippen molar-refractivity contribution in [1.29, 1.82) is 0 Å². The number of nitrogens with one attached hydrogen (secondary N) is 2. The van der Waals surface area contributed by atoms with Crippen LogP contribution in [-0.4, -0.2) is 27.3 Å². The number of imide groups is 1. The van der Waals surface area contributed by atoms with Crippen LogP contribution in [0.15, 0.2) is 53.3 Å². The number of aryl methyl sites for hydroxylation is 1. The van der Waals surface area contributed by atoms with Crippen molar-refractivity contribution >= 4 is 28.6 Å². The molecule has 1 fully saturated rings. The Kier molecular flexibility index (Phi) is 5.62. The van der Waals surface area contributed by atoms with E-state index in [1.165, 1.54) is 4.57 Å². The van der Waals surface area contributed by atoms with Crippen LogP contribution >= 0.6 is 0 Å². The molecule has 3 aromatic rings. The Balaban J connectivity index is 0.00000193. The highest BCUT2D eigenvalue weighted by Gasteiger charge is 2.30. The van der Waals surface area contributed by atoms with Crippen LogP contribution in [0.3, 0.4) is 0 Å². The minimum absolute atomic E-state index is 0. The van der Waals surface area contributed by atoms with Gasteiger partial charge in [0.25, 0.3) is 5.56 Å². The Morgan fingerprint density at radius 2 is 1.94 bits per heavy atom. The molecule has 3 amide bonds. The lowest BCUT2D eigenvalue weighted by atomic mass is 10.0. The molecule has 0 spiro atoms. The molecule has 4 rings (SSSR count). The summed E-state index contributed by atoms with van der Waals surface area (Å²) in [7, 11) is 0. The number of piperidine rings is 1. The summed E-state index contributed by atoms with van der Waals surface area (Å²) in [6, 6.07) is 13.9. The number of hydrogen-bond donors (Lipinski definition) is 2. The molecule has 0 bridgehead atoms. The maximum absolute atomic E-state index is 13.4. The first-order chi connectivity index (χ1) is 14.9. The van der Waals surface area contributed by atoms with Gasteiger partial charge in [-0.1, -0.05) is 42.5 Å². The second-order valence-electron chi connectivity index (χ2n) is 7.55. The highest BCUT2D eigenvalue weighted by atomic mass is 16.2. The van der Waals surface area contributed by atoms with Crippen molar-refractivity contribution in [2.45, 2.75) is 38.8 Å². The zero-order valence-corrected chi connectivity index (χ0v) is 17.1. The van der Waals surface area contributed by atoms with E-state index >= 15 is 0 Å². The van der Waals surface area contributed by atoms with Crippen LogP contribution in [0.2, 0.25) is 0 Å². The average molecular weight is 422 g/mol. The molecule has 1 atom stereocenters. The predicted molar refractivity (Wildman–Crippen MR) is 118 cm³/mol. The molecule has 1 aliphatic rings. The highest BCUT2D eigenvalue weighted by Crippen LogP contribution is 2.21. The van der Waals surface area contributed by atoms with Gasteiger partial charge in [0.05, 0.1) is 17.3 Å². The Hall–Kier alpha value is -3.81. The third-order valence-electron chi connectivity index (χ3n) is 5.40. The number of carbonyl (C=O) groups is 3. The fraction of sp³-hybridized carbons (Fsp3) is 0.261. The summed E-state index contributed by atoms with van der Waals surface area (Å²) in [5.41, 5.74) is 1.67. The summed E-state index contributed by atoms with van der Waals surface area (Å²) in [4.78, 5) is 54.1. The normalized spacial score (nSPS) is 16.2. The summed E-state index contributed by atoms with van der Waals surface area (Å²) in [5.74, 6) is -0.607. The van der Waals surface area contributed by atoms with Gasteiger partial charge < -0.3 is 5.32 Å². The van der Waals surface area contributed by atoms with Crippen molar-refractivity contribution in [1.82, 2.24) is 20.2 Å². The lowest BCUT2D eigenvalue weighted by molar-refractivity contribution is -0.135. The molecule has 8 heteroatoms. The van der Waals surface area contributed by atoms with E-state index in [-0.39, 0.29) is 46.0 Å². The molecule has 2 N–H and O–H groups in total. The van der Waals surface area contributed by atoms with Crippen molar-refractivity contribution in [3.05, 3.63) is 75.8 Å². The minimum atomic E-state index is -0.789. The minimum Gasteiger partial charge on any atom is -0.352 e. The van der Waals surface area contributed by atoms with Gasteiger partial charge in [0.15, 0.2) is 0 Å². The zero-order valence-electron chi connectivity index (χ0n) is 17.1. The molecular formula is C23H26N4O4. The van der Waals surface area contributed by atoms with Gasteiger partial charge in [0, 0.05) is 15.8 Å². The van der Waals surface area contributed by atoms with Gasteiger partial charge in [-0.05, 0) is 30.5 Å². The second-order valence-corrected chi connectivity index (χ2v) is 7.55. The van der Waals surface area contributed by atoms with Gasteiger partial charge in [-0.3, -0.25) is 29.1 Å². The van der Waals surface area contributed by atoms with E-state index in [1.54, 1.807) is 25.1 Å². The maximum atomic E-state index is 13.4. The highest BCUT2D eigenvalue weighted by molar-refractivity contribution is 5.99. The van der Waals surface area contributed by atoms with Crippen LogP contribution in [0, 0.1) is 6.92 Å². The summed E-state index contributed by atoms with van der Waals surface area (Å²) in [6.45, 7) is 1.83. The molecule has 1 aliphatic heterocycles. The van der Waals surface area contributed by atoms with Crippen LogP contribution in [0.5, 0.6) is 0 Å². The van der Waals surface area contributed by atoms with Crippen LogP contribution < -0.4 is 16.2 Å².